The molecule has 1 unspecified atom stereocenters. The molecule has 0 saturated carbocycles. The molecule has 0 aliphatic carbocycles. The van der Waals surface area contributed by atoms with Crippen LogP contribution in [0, 0.1) is 5.82 Å². The van der Waals surface area contributed by atoms with Crippen molar-refractivity contribution >= 4 is 20.9 Å². The molecular formula is C19H19FN2O4S. The Kier molecular flexibility index (Phi) is 4.73. The van der Waals surface area contributed by atoms with Crippen molar-refractivity contribution in [2.45, 2.75) is 10.9 Å². The zero-order chi connectivity index (χ0) is 19.0. The van der Waals surface area contributed by atoms with Gasteiger partial charge in [-0.05, 0) is 35.9 Å². The number of nitrogens with one attached hydrogen (secondary N) is 1. The molecule has 142 valence electrons. The van der Waals surface area contributed by atoms with Crippen LogP contribution in [-0.2, 0) is 14.8 Å². The summed E-state index contributed by atoms with van der Waals surface area (Å²) in [6.07, 6.45) is 1.78. The summed E-state index contributed by atoms with van der Waals surface area (Å²) >= 11 is 0. The molecule has 6 nitrogen and oxygen atoms in total. The lowest BCUT2D eigenvalue weighted by Gasteiger charge is -2.33. The molecule has 1 saturated heterocycles. The number of aliphatic hydroxyl groups excluding tert-OH is 1. The van der Waals surface area contributed by atoms with Gasteiger partial charge in [0.15, 0.2) is 0 Å². The number of hydrogen-bond acceptors (Lipinski definition) is 4. The largest absolute Gasteiger partial charge is 0.395 e. The fourth-order valence-electron chi connectivity index (χ4n) is 3.38. The van der Waals surface area contributed by atoms with Crippen molar-refractivity contribution in [2.75, 3.05) is 26.4 Å². The summed E-state index contributed by atoms with van der Waals surface area (Å²) in [5.41, 5.74) is 2.38. The van der Waals surface area contributed by atoms with E-state index in [1.165, 1.54) is 16.4 Å². The van der Waals surface area contributed by atoms with Crippen molar-refractivity contribution in [3.63, 3.8) is 0 Å². The first-order valence-corrected chi connectivity index (χ1v) is 10.0. The minimum absolute atomic E-state index is 0.164. The van der Waals surface area contributed by atoms with Crippen LogP contribution < -0.4 is 0 Å². The molecule has 0 spiro atoms. The normalized spacial score (nSPS) is 18.8. The standard InChI is InChI=1S/C19H19FN2O4S/c20-14-3-6-17-18(10-21-19(17)9-14)13-1-4-16(5-2-13)27(24,25)22-7-8-26-12-15(22)11-23/h1-6,9-10,15,21,23H,7-8,11-12H2. The van der Waals surface area contributed by atoms with Crippen LogP contribution in [0.4, 0.5) is 4.39 Å². The number of nitrogens with zero attached hydrogens (tertiary/aromatic N) is 1. The fraction of sp³-hybridized carbons (Fsp3) is 0.263. The van der Waals surface area contributed by atoms with Gasteiger partial charge in [0.1, 0.15) is 5.82 Å². The van der Waals surface area contributed by atoms with Crippen LogP contribution in [0.3, 0.4) is 0 Å². The Hall–Kier alpha value is -2.26. The van der Waals surface area contributed by atoms with Gasteiger partial charge < -0.3 is 14.8 Å². The summed E-state index contributed by atoms with van der Waals surface area (Å²) < 4.78 is 45.7. The van der Waals surface area contributed by atoms with Crippen molar-refractivity contribution in [3.05, 3.63) is 54.5 Å². The Bertz CT molecular complexity index is 1060. The van der Waals surface area contributed by atoms with E-state index >= 15 is 0 Å². The second-order valence-electron chi connectivity index (χ2n) is 6.44. The Morgan fingerprint density at radius 1 is 1.22 bits per heavy atom. The molecule has 2 aromatic carbocycles. The highest BCUT2D eigenvalue weighted by atomic mass is 32.2. The van der Waals surface area contributed by atoms with Crippen molar-refractivity contribution < 1.29 is 22.7 Å². The van der Waals surface area contributed by atoms with Crippen LogP contribution in [0.15, 0.2) is 53.6 Å². The monoisotopic (exact) mass is 390 g/mol. The van der Waals surface area contributed by atoms with Crippen molar-refractivity contribution in [2.24, 2.45) is 0 Å². The Morgan fingerprint density at radius 2 is 2.00 bits per heavy atom. The second kappa shape index (κ2) is 7.05. The summed E-state index contributed by atoms with van der Waals surface area (Å²) in [5.74, 6) is -0.318. The topological polar surface area (TPSA) is 82.6 Å². The Labute approximate surface area is 156 Å². The molecule has 0 radical (unpaired) electrons. The predicted octanol–water partition coefficient (Wildman–Crippen LogP) is 2.36. The molecule has 1 aliphatic rings. The van der Waals surface area contributed by atoms with E-state index in [0.29, 0.717) is 12.1 Å². The quantitative estimate of drug-likeness (QED) is 0.717. The number of sulfonamides is 1. The summed E-state index contributed by atoms with van der Waals surface area (Å²) in [6.45, 7) is 0.409. The third-order valence-electron chi connectivity index (χ3n) is 4.80. The minimum atomic E-state index is -3.72. The van der Waals surface area contributed by atoms with E-state index in [1.54, 1.807) is 36.5 Å². The van der Waals surface area contributed by atoms with E-state index in [9.17, 15) is 17.9 Å². The highest BCUT2D eigenvalue weighted by Crippen LogP contribution is 2.30. The van der Waals surface area contributed by atoms with E-state index in [-0.39, 0.29) is 30.5 Å². The molecule has 1 atom stereocenters. The molecular weight excluding hydrogens is 371 g/mol. The number of H-pyrrole nitrogens is 1. The predicted molar refractivity (Wildman–Crippen MR) is 99.3 cm³/mol. The van der Waals surface area contributed by atoms with Crippen LogP contribution in [0.1, 0.15) is 0 Å². The zero-order valence-electron chi connectivity index (χ0n) is 14.4. The molecule has 27 heavy (non-hydrogen) atoms. The Balaban J connectivity index is 1.67. The Morgan fingerprint density at radius 3 is 2.74 bits per heavy atom. The van der Waals surface area contributed by atoms with E-state index < -0.39 is 16.1 Å². The third-order valence-corrected chi connectivity index (χ3v) is 6.77. The van der Waals surface area contributed by atoms with Crippen LogP contribution >= 0.6 is 0 Å². The number of ether oxygens (including phenoxy) is 1. The van der Waals surface area contributed by atoms with E-state index in [2.05, 4.69) is 4.98 Å². The van der Waals surface area contributed by atoms with Gasteiger partial charge in [-0.25, -0.2) is 12.8 Å². The van der Waals surface area contributed by atoms with Crippen molar-refractivity contribution in [3.8, 4) is 11.1 Å². The van der Waals surface area contributed by atoms with Gasteiger partial charge in [0.25, 0.3) is 0 Å². The van der Waals surface area contributed by atoms with E-state index in [1.807, 2.05) is 0 Å². The summed E-state index contributed by atoms with van der Waals surface area (Å²) in [5, 5.41) is 10.3. The van der Waals surface area contributed by atoms with Gasteiger partial charge in [-0.15, -0.1) is 0 Å². The fourth-order valence-corrected chi connectivity index (χ4v) is 4.96. The van der Waals surface area contributed by atoms with Gasteiger partial charge >= 0.3 is 0 Å². The summed E-state index contributed by atoms with van der Waals surface area (Å²) in [4.78, 5) is 3.19. The van der Waals surface area contributed by atoms with Crippen LogP contribution in [0.5, 0.6) is 0 Å². The molecule has 4 rings (SSSR count). The first kappa shape index (κ1) is 18.1. The van der Waals surface area contributed by atoms with Crippen molar-refractivity contribution in [1.29, 1.82) is 0 Å². The van der Waals surface area contributed by atoms with Crippen LogP contribution in [0.2, 0.25) is 0 Å². The first-order valence-electron chi connectivity index (χ1n) is 8.58. The number of rotatable bonds is 4. The van der Waals surface area contributed by atoms with Crippen LogP contribution in [-0.4, -0.2) is 55.2 Å². The number of halogens is 1. The number of fused-ring (bicyclic) bond motifs is 1. The first-order chi connectivity index (χ1) is 13.0. The summed E-state index contributed by atoms with van der Waals surface area (Å²) in [6, 6.07) is 10.5. The maximum absolute atomic E-state index is 13.4. The number of benzene rings is 2. The third kappa shape index (κ3) is 3.25. The van der Waals surface area contributed by atoms with Gasteiger partial charge in [-0.1, -0.05) is 12.1 Å². The molecule has 0 amide bonds. The lowest BCUT2D eigenvalue weighted by molar-refractivity contribution is 0.0109. The molecule has 1 aliphatic heterocycles. The van der Waals surface area contributed by atoms with E-state index in [4.69, 9.17) is 4.74 Å². The highest BCUT2D eigenvalue weighted by molar-refractivity contribution is 7.89. The van der Waals surface area contributed by atoms with Gasteiger partial charge in [0.2, 0.25) is 10.0 Å². The maximum Gasteiger partial charge on any atom is 0.243 e. The maximum atomic E-state index is 13.4. The number of aromatic amines is 1. The molecule has 2 N–H and O–H groups in total. The number of hydrogen-bond donors (Lipinski definition) is 2. The molecule has 3 aromatic rings. The smallest absolute Gasteiger partial charge is 0.243 e. The highest BCUT2D eigenvalue weighted by Gasteiger charge is 2.33. The average Bonchev–Trinajstić information content (AvgIpc) is 3.11. The second-order valence-corrected chi connectivity index (χ2v) is 8.33. The molecule has 2 heterocycles. The van der Waals surface area contributed by atoms with Crippen LogP contribution in [0.25, 0.3) is 22.0 Å². The lowest BCUT2D eigenvalue weighted by atomic mass is 10.1. The number of aliphatic hydroxyl groups is 1. The zero-order valence-corrected chi connectivity index (χ0v) is 15.2. The minimum Gasteiger partial charge on any atom is -0.395 e. The van der Waals surface area contributed by atoms with Gasteiger partial charge in [0, 0.05) is 29.2 Å². The molecule has 1 aromatic heterocycles. The number of morpholine rings is 1. The van der Waals surface area contributed by atoms with Gasteiger partial charge in [-0.3, -0.25) is 0 Å². The SMILES string of the molecule is O=S(=O)(c1ccc(-c2c[nH]c3cc(F)ccc23)cc1)N1CCOCC1CO. The molecule has 1 fully saturated rings. The molecule has 8 heteroatoms. The van der Waals surface area contributed by atoms with Gasteiger partial charge in [-0.2, -0.15) is 4.31 Å². The number of aromatic nitrogens is 1. The van der Waals surface area contributed by atoms with Crippen molar-refractivity contribution in [1.82, 2.24) is 9.29 Å². The van der Waals surface area contributed by atoms with Gasteiger partial charge in [0.05, 0.1) is 30.8 Å². The molecule has 0 bridgehead atoms. The average molecular weight is 390 g/mol. The lowest BCUT2D eigenvalue weighted by Crippen LogP contribution is -2.50. The summed E-state index contributed by atoms with van der Waals surface area (Å²) in [7, 11) is -3.72. The van der Waals surface area contributed by atoms with E-state index in [0.717, 1.165) is 16.5 Å².